The largest absolute Gasteiger partial charge is 0.445 e. The number of nitrogens with zero attached hydrogens (tertiary/aromatic N) is 1. The average molecular weight is 336 g/mol. The second-order valence-electron chi connectivity index (χ2n) is 6.34. The summed E-state index contributed by atoms with van der Waals surface area (Å²) in [5.41, 5.74) is 4.20. The molecule has 2 aromatic carbocycles. The molecule has 128 valence electrons. The normalized spacial score (nSPS) is 16.7. The zero-order valence-electron chi connectivity index (χ0n) is 13.8. The second-order valence-corrected chi connectivity index (χ2v) is 6.34. The summed E-state index contributed by atoms with van der Waals surface area (Å²) < 4.78 is 5.45. The van der Waals surface area contributed by atoms with Crippen molar-refractivity contribution in [1.82, 2.24) is 9.88 Å². The summed E-state index contributed by atoms with van der Waals surface area (Å²) in [7, 11) is 0. The molecule has 2 heterocycles. The molecule has 0 saturated carbocycles. The fraction of sp³-hybridized carbons (Fsp3) is 0.250. The van der Waals surface area contributed by atoms with Gasteiger partial charge in [0.25, 0.3) is 0 Å². The van der Waals surface area contributed by atoms with E-state index in [0.29, 0.717) is 13.0 Å². The predicted octanol–water partition coefficient (Wildman–Crippen LogP) is 3.22. The third-order valence-electron chi connectivity index (χ3n) is 4.76. The van der Waals surface area contributed by atoms with Gasteiger partial charge < -0.3 is 14.8 Å². The van der Waals surface area contributed by atoms with Gasteiger partial charge in [0.1, 0.15) is 6.61 Å². The lowest BCUT2D eigenvalue weighted by atomic mass is 9.97. The zero-order valence-corrected chi connectivity index (χ0v) is 13.8. The van der Waals surface area contributed by atoms with Gasteiger partial charge in [-0.05, 0) is 23.6 Å². The minimum absolute atomic E-state index is 0.0839. The van der Waals surface area contributed by atoms with Crippen molar-refractivity contribution in [1.29, 1.82) is 0 Å². The first-order valence-electron chi connectivity index (χ1n) is 8.43. The number of H-pyrrole nitrogens is 1. The van der Waals surface area contributed by atoms with Gasteiger partial charge in [0.15, 0.2) is 0 Å². The number of hydrogen-bond acceptors (Lipinski definition) is 3. The number of nitrogens with one attached hydrogen (secondary N) is 1. The van der Waals surface area contributed by atoms with Crippen molar-refractivity contribution in [2.75, 3.05) is 6.61 Å². The maximum Gasteiger partial charge on any atom is 0.410 e. The lowest BCUT2D eigenvalue weighted by molar-refractivity contribution is 0.0559. The third kappa shape index (κ3) is 2.98. The Morgan fingerprint density at radius 1 is 1.16 bits per heavy atom. The first-order valence-corrected chi connectivity index (χ1v) is 8.43. The Labute approximate surface area is 145 Å². The fourth-order valence-electron chi connectivity index (χ4n) is 3.45. The number of rotatable bonds is 3. The standard InChI is InChI=1S/C20H20N2O3/c23-12-15-10-17-16-8-4-5-9-18(16)21-19(17)11-22(15)20(24)25-13-14-6-2-1-3-7-14/h1-9,15,21,23H,10-13H2/t15-/m0/s1. The van der Waals surface area contributed by atoms with Gasteiger partial charge in [0.2, 0.25) is 0 Å². The summed E-state index contributed by atoms with van der Waals surface area (Å²) in [6, 6.07) is 17.4. The van der Waals surface area contributed by atoms with Crippen molar-refractivity contribution < 1.29 is 14.6 Å². The number of aromatic amines is 1. The minimum atomic E-state index is -0.396. The molecule has 5 nitrogen and oxygen atoms in total. The molecule has 1 amide bonds. The van der Waals surface area contributed by atoms with Gasteiger partial charge in [-0.2, -0.15) is 0 Å². The molecule has 1 atom stereocenters. The summed E-state index contributed by atoms with van der Waals surface area (Å²) in [5.74, 6) is 0. The fourth-order valence-corrected chi connectivity index (χ4v) is 3.45. The van der Waals surface area contributed by atoms with E-state index >= 15 is 0 Å². The molecule has 0 saturated heterocycles. The van der Waals surface area contributed by atoms with E-state index in [1.54, 1.807) is 4.90 Å². The molecule has 25 heavy (non-hydrogen) atoms. The Balaban J connectivity index is 1.54. The molecule has 0 spiro atoms. The molecule has 0 bridgehead atoms. The summed E-state index contributed by atoms with van der Waals surface area (Å²) in [6.07, 6.45) is 0.225. The molecule has 1 aliphatic rings. The van der Waals surface area contributed by atoms with Crippen LogP contribution in [0.5, 0.6) is 0 Å². The number of ether oxygens (including phenoxy) is 1. The SMILES string of the molecule is O=C(OCc1ccccc1)N1Cc2[nH]c3ccccc3c2C[C@H]1CO. The number of carbonyl (C=O) groups excluding carboxylic acids is 1. The van der Waals surface area contributed by atoms with E-state index in [4.69, 9.17) is 4.74 Å². The highest BCUT2D eigenvalue weighted by molar-refractivity contribution is 5.85. The lowest BCUT2D eigenvalue weighted by Crippen LogP contribution is -2.46. The minimum Gasteiger partial charge on any atom is -0.445 e. The maximum absolute atomic E-state index is 12.5. The molecule has 0 unspecified atom stereocenters. The first-order chi connectivity index (χ1) is 12.3. The van der Waals surface area contributed by atoms with Crippen molar-refractivity contribution in [3.05, 3.63) is 71.4 Å². The van der Waals surface area contributed by atoms with Gasteiger partial charge in [0.05, 0.1) is 19.2 Å². The number of hydrogen-bond donors (Lipinski definition) is 2. The quantitative estimate of drug-likeness (QED) is 0.772. The van der Waals surface area contributed by atoms with Crippen molar-refractivity contribution in [3.63, 3.8) is 0 Å². The van der Waals surface area contributed by atoms with Crippen LogP contribution < -0.4 is 0 Å². The Kier molecular flexibility index (Phi) is 4.15. The number of benzene rings is 2. The highest BCUT2D eigenvalue weighted by Crippen LogP contribution is 2.30. The van der Waals surface area contributed by atoms with E-state index in [0.717, 1.165) is 22.2 Å². The van der Waals surface area contributed by atoms with Crippen LogP contribution in [0, 0.1) is 0 Å². The van der Waals surface area contributed by atoms with Crippen LogP contribution in [-0.4, -0.2) is 33.7 Å². The Morgan fingerprint density at radius 3 is 2.72 bits per heavy atom. The monoisotopic (exact) mass is 336 g/mol. The Bertz CT molecular complexity index is 888. The molecular weight excluding hydrogens is 316 g/mol. The van der Waals surface area contributed by atoms with Crippen molar-refractivity contribution in [3.8, 4) is 0 Å². The van der Waals surface area contributed by atoms with Gasteiger partial charge in [-0.15, -0.1) is 0 Å². The Hall–Kier alpha value is -2.79. The van der Waals surface area contributed by atoms with Crippen molar-refractivity contribution >= 4 is 17.0 Å². The van der Waals surface area contributed by atoms with Crippen LogP contribution in [0.25, 0.3) is 10.9 Å². The van der Waals surface area contributed by atoms with Crippen LogP contribution in [0.15, 0.2) is 54.6 Å². The number of aromatic nitrogens is 1. The van der Waals surface area contributed by atoms with E-state index in [1.807, 2.05) is 48.5 Å². The summed E-state index contributed by atoms with van der Waals surface area (Å²) in [4.78, 5) is 17.5. The molecule has 0 radical (unpaired) electrons. The van der Waals surface area contributed by atoms with E-state index in [1.165, 1.54) is 5.56 Å². The molecule has 1 aromatic heterocycles. The number of para-hydroxylation sites is 1. The average Bonchev–Trinajstić information content (AvgIpc) is 3.03. The van der Waals surface area contributed by atoms with Crippen LogP contribution in [-0.2, 0) is 24.3 Å². The van der Waals surface area contributed by atoms with Crippen LogP contribution in [0.3, 0.4) is 0 Å². The molecule has 1 aliphatic heterocycles. The molecule has 0 fully saturated rings. The van der Waals surface area contributed by atoms with Crippen molar-refractivity contribution in [2.45, 2.75) is 25.6 Å². The molecule has 5 heteroatoms. The van der Waals surface area contributed by atoms with Crippen LogP contribution in [0.1, 0.15) is 16.8 Å². The predicted molar refractivity (Wildman–Crippen MR) is 95.0 cm³/mol. The van der Waals surface area contributed by atoms with Gasteiger partial charge in [-0.1, -0.05) is 48.5 Å². The summed E-state index contributed by atoms with van der Waals surface area (Å²) in [6.45, 7) is 0.566. The van der Waals surface area contributed by atoms with Gasteiger partial charge >= 0.3 is 6.09 Å². The topological polar surface area (TPSA) is 65.6 Å². The molecule has 0 aliphatic carbocycles. The van der Waals surface area contributed by atoms with Crippen molar-refractivity contribution in [2.24, 2.45) is 0 Å². The number of fused-ring (bicyclic) bond motifs is 3. The first kappa shape index (κ1) is 15.7. The van der Waals surface area contributed by atoms with Crippen LogP contribution >= 0.6 is 0 Å². The maximum atomic E-state index is 12.5. The lowest BCUT2D eigenvalue weighted by Gasteiger charge is -2.33. The van der Waals surface area contributed by atoms with Gasteiger partial charge in [0, 0.05) is 16.6 Å². The molecular formula is C20H20N2O3. The molecule has 2 N–H and O–H groups in total. The molecule has 4 rings (SSSR count). The summed E-state index contributed by atoms with van der Waals surface area (Å²) in [5, 5.41) is 10.9. The second kappa shape index (κ2) is 6.61. The smallest absolute Gasteiger partial charge is 0.410 e. The van der Waals surface area contributed by atoms with E-state index in [2.05, 4.69) is 11.1 Å². The Morgan fingerprint density at radius 2 is 1.92 bits per heavy atom. The number of amides is 1. The van der Waals surface area contributed by atoms with E-state index in [9.17, 15) is 9.90 Å². The highest BCUT2D eigenvalue weighted by Gasteiger charge is 2.32. The third-order valence-corrected chi connectivity index (χ3v) is 4.76. The van der Waals surface area contributed by atoms with Crippen LogP contribution in [0.2, 0.25) is 0 Å². The molecule has 3 aromatic rings. The summed E-state index contributed by atoms with van der Waals surface area (Å²) >= 11 is 0. The number of aliphatic hydroxyl groups excluding tert-OH is 1. The van der Waals surface area contributed by atoms with Gasteiger partial charge in [-0.25, -0.2) is 4.79 Å². The number of aliphatic hydroxyl groups is 1. The van der Waals surface area contributed by atoms with Crippen LogP contribution in [0.4, 0.5) is 4.79 Å². The zero-order chi connectivity index (χ0) is 17.2. The number of carbonyl (C=O) groups is 1. The highest BCUT2D eigenvalue weighted by atomic mass is 16.6. The van der Waals surface area contributed by atoms with E-state index in [-0.39, 0.29) is 19.3 Å². The van der Waals surface area contributed by atoms with Gasteiger partial charge in [-0.3, -0.25) is 4.90 Å². The van der Waals surface area contributed by atoms with E-state index < -0.39 is 6.09 Å².